The van der Waals surface area contributed by atoms with Gasteiger partial charge in [-0.25, -0.2) is 0 Å². The summed E-state index contributed by atoms with van der Waals surface area (Å²) in [6.07, 6.45) is 3.93. The Morgan fingerprint density at radius 1 is 1.18 bits per heavy atom. The molecule has 0 aliphatic rings. The number of aryl methyl sites for hydroxylation is 1. The van der Waals surface area contributed by atoms with E-state index >= 15 is 0 Å². The van der Waals surface area contributed by atoms with Crippen LogP contribution in [0.3, 0.4) is 0 Å². The van der Waals surface area contributed by atoms with Gasteiger partial charge in [0.15, 0.2) is 0 Å². The van der Waals surface area contributed by atoms with Crippen molar-refractivity contribution in [2.24, 2.45) is 0 Å². The van der Waals surface area contributed by atoms with Crippen molar-refractivity contribution in [3.63, 3.8) is 0 Å². The van der Waals surface area contributed by atoms with Gasteiger partial charge in [-0.15, -0.1) is 11.8 Å². The first-order chi connectivity index (χ1) is 8.31. The van der Waals surface area contributed by atoms with Crippen LogP contribution >= 0.6 is 11.8 Å². The number of benzene rings is 1. The summed E-state index contributed by atoms with van der Waals surface area (Å²) >= 11 is 1.75. The molecule has 0 fully saturated rings. The quantitative estimate of drug-likeness (QED) is 0.830. The van der Waals surface area contributed by atoms with Crippen molar-refractivity contribution in [1.29, 1.82) is 0 Å². The fourth-order valence-electron chi connectivity index (χ4n) is 1.67. The Hall–Kier alpha value is -1.48. The van der Waals surface area contributed by atoms with E-state index in [1.165, 1.54) is 16.1 Å². The molecule has 2 aromatic rings. The van der Waals surface area contributed by atoms with Crippen molar-refractivity contribution in [3.8, 4) is 0 Å². The molecule has 0 spiro atoms. The number of hydrogen-bond donors (Lipinski definition) is 1. The molecule has 0 atom stereocenters. The zero-order valence-corrected chi connectivity index (χ0v) is 10.9. The molecule has 17 heavy (non-hydrogen) atoms. The molecule has 1 aromatic carbocycles. The highest BCUT2D eigenvalue weighted by atomic mass is 32.2. The minimum Gasteiger partial charge on any atom is -0.378 e. The van der Waals surface area contributed by atoms with Gasteiger partial charge in [-0.05, 0) is 36.9 Å². The van der Waals surface area contributed by atoms with Gasteiger partial charge in [0.25, 0.3) is 0 Å². The largest absolute Gasteiger partial charge is 0.378 e. The molecule has 0 saturated heterocycles. The molecule has 0 bridgehead atoms. The number of hydrogen-bond acceptors (Lipinski definition) is 3. The lowest BCUT2D eigenvalue weighted by atomic mass is 10.2. The van der Waals surface area contributed by atoms with E-state index in [1.54, 1.807) is 11.8 Å². The first kappa shape index (κ1) is 12.0. The van der Waals surface area contributed by atoms with E-state index in [4.69, 9.17) is 0 Å². The van der Waals surface area contributed by atoms with E-state index in [9.17, 15) is 0 Å². The van der Waals surface area contributed by atoms with Crippen LogP contribution in [0.25, 0.3) is 0 Å². The minimum atomic E-state index is 0.768. The molecule has 0 unspecified atom stereocenters. The summed E-state index contributed by atoms with van der Waals surface area (Å²) < 4.78 is 0. The number of thioether (sulfide) groups is 1. The van der Waals surface area contributed by atoms with Gasteiger partial charge in [-0.1, -0.05) is 18.2 Å². The van der Waals surface area contributed by atoms with E-state index in [2.05, 4.69) is 47.7 Å². The molecular weight excluding hydrogens is 228 g/mol. The normalized spacial score (nSPS) is 10.2. The first-order valence-corrected chi connectivity index (χ1v) is 6.81. The van der Waals surface area contributed by atoms with Crippen molar-refractivity contribution in [1.82, 2.24) is 4.98 Å². The molecule has 0 aliphatic heterocycles. The average Bonchev–Trinajstić information content (AvgIpc) is 2.38. The molecule has 0 saturated carbocycles. The number of nitrogens with zero attached hydrogens (tertiary/aromatic N) is 1. The Labute approximate surface area is 106 Å². The van der Waals surface area contributed by atoms with Crippen LogP contribution in [0.1, 0.15) is 11.3 Å². The van der Waals surface area contributed by atoms with Crippen molar-refractivity contribution in [3.05, 3.63) is 53.9 Å². The summed E-state index contributed by atoms with van der Waals surface area (Å²) in [6.45, 7) is 2.86. The van der Waals surface area contributed by atoms with Crippen molar-refractivity contribution < 1.29 is 0 Å². The van der Waals surface area contributed by atoms with E-state index in [0.717, 1.165) is 12.2 Å². The smallest absolute Gasteiger partial charge is 0.0623 e. The highest BCUT2D eigenvalue weighted by Gasteiger charge is 2.02. The van der Waals surface area contributed by atoms with Crippen LogP contribution in [-0.4, -0.2) is 11.2 Å². The molecule has 0 radical (unpaired) electrons. The second-order valence-corrected chi connectivity index (χ2v) is 4.67. The van der Waals surface area contributed by atoms with Crippen LogP contribution in [-0.2, 0) is 6.54 Å². The number of nitrogens with one attached hydrogen (secondary N) is 1. The zero-order chi connectivity index (χ0) is 12.1. The highest BCUT2D eigenvalue weighted by Crippen LogP contribution is 2.25. The Morgan fingerprint density at radius 2 is 2.00 bits per heavy atom. The lowest BCUT2D eigenvalue weighted by Crippen LogP contribution is -2.04. The summed E-state index contributed by atoms with van der Waals surface area (Å²) in [4.78, 5) is 5.64. The Bertz CT molecular complexity index is 497. The zero-order valence-electron chi connectivity index (χ0n) is 10.1. The van der Waals surface area contributed by atoms with Crippen LogP contribution in [0.4, 0.5) is 5.69 Å². The molecule has 2 rings (SSSR count). The van der Waals surface area contributed by atoms with Gasteiger partial charge >= 0.3 is 0 Å². The second kappa shape index (κ2) is 5.73. The molecule has 2 nitrogen and oxygen atoms in total. The summed E-state index contributed by atoms with van der Waals surface area (Å²) in [5.41, 5.74) is 3.50. The molecule has 0 amide bonds. The van der Waals surface area contributed by atoms with E-state index < -0.39 is 0 Å². The first-order valence-electron chi connectivity index (χ1n) is 5.58. The topological polar surface area (TPSA) is 24.9 Å². The monoisotopic (exact) mass is 244 g/mol. The standard InChI is InChI=1S/C14H16N2S/c1-11-6-5-9-15-13(11)10-16-12-7-3-4-8-14(12)17-2/h3-9,16H,10H2,1-2H3. The number of para-hydroxylation sites is 1. The van der Waals surface area contributed by atoms with Gasteiger partial charge in [0, 0.05) is 16.8 Å². The average molecular weight is 244 g/mol. The number of anilines is 1. The number of aromatic nitrogens is 1. The fourth-order valence-corrected chi connectivity index (χ4v) is 2.25. The van der Waals surface area contributed by atoms with Crippen molar-refractivity contribution >= 4 is 17.4 Å². The lowest BCUT2D eigenvalue weighted by Gasteiger charge is -2.11. The van der Waals surface area contributed by atoms with E-state index in [-0.39, 0.29) is 0 Å². The number of pyridine rings is 1. The van der Waals surface area contributed by atoms with Crippen LogP contribution in [0.15, 0.2) is 47.5 Å². The predicted molar refractivity (Wildman–Crippen MR) is 74.5 cm³/mol. The van der Waals surface area contributed by atoms with Gasteiger partial charge in [0.1, 0.15) is 0 Å². The van der Waals surface area contributed by atoms with Gasteiger partial charge < -0.3 is 5.32 Å². The third kappa shape index (κ3) is 3.01. The molecule has 0 aliphatic carbocycles. The van der Waals surface area contributed by atoms with Crippen molar-refractivity contribution in [2.45, 2.75) is 18.4 Å². The van der Waals surface area contributed by atoms with Crippen LogP contribution in [0.5, 0.6) is 0 Å². The maximum Gasteiger partial charge on any atom is 0.0623 e. The van der Waals surface area contributed by atoms with Gasteiger partial charge in [-0.3, -0.25) is 4.98 Å². The summed E-state index contributed by atoms with van der Waals surface area (Å²) in [5, 5.41) is 3.44. The molecule has 1 aromatic heterocycles. The second-order valence-electron chi connectivity index (χ2n) is 3.82. The molecule has 1 heterocycles. The molecule has 1 N–H and O–H groups in total. The maximum absolute atomic E-state index is 4.38. The van der Waals surface area contributed by atoms with Crippen LogP contribution in [0, 0.1) is 6.92 Å². The maximum atomic E-state index is 4.38. The van der Waals surface area contributed by atoms with Crippen LogP contribution in [0.2, 0.25) is 0 Å². The van der Waals surface area contributed by atoms with Gasteiger partial charge in [-0.2, -0.15) is 0 Å². The lowest BCUT2D eigenvalue weighted by molar-refractivity contribution is 1.01. The van der Waals surface area contributed by atoms with Crippen LogP contribution < -0.4 is 5.32 Å². The Morgan fingerprint density at radius 3 is 2.76 bits per heavy atom. The fraction of sp³-hybridized carbons (Fsp3) is 0.214. The van der Waals surface area contributed by atoms with E-state index in [1.807, 2.05) is 18.3 Å². The third-order valence-electron chi connectivity index (χ3n) is 2.67. The SMILES string of the molecule is CSc1ccccc1NCc1ncccc1C. The third-order valence-corrected chi connectivity index (χ3v) is 3.47. The molecule has 3 heteroatoms. The predicted octanol–water partition coefficient (Wildman–Crippen LogP) is 3.72. The summed E-state index contributed by atoms with van der Waals surface area (Å²) in [7, 11) is 0. The van der Waals surface area contributed by atoms with Crippen molar-refractivity contribution in [2.75, 3.05) is 11.6 Å². The summed E-state index contributed by atoms with van der Waals surface area (Å²) in [6, 6.07) is 12.4. The molecule has 88 valence electrons. The highest BCUT2D eigenvalue weighted by molar-refractivity contribution is 7.98. The Kier molecular flexibility index (Phi) is 4.04. The minimum absolute atomic E-state index is 0.768. The van der Waals surface area contributed by atoms with Gasteiger partial charge in [0.2, 0.25) is 0 Å². The molecular formula is C14H16N2S. The van der Waals surface area contributed by atoms with Gasteiger partial charge in [0.05, 0.1) is 12.2 Å². The number of rotatable bonds is 4. The Balaban J connectivity index is 2.10. The summed E-state index contributed by atoms with van der Waals surface area (Å²) in [5.74, 6) is 0. The van der Waals surface area contributed by atoms with E-state index in [0.29, 0.717) is 0 Å².